The summed E-state index contributed by atoms with van der Waals surface area (Å²) in [6.07, 6.45) is 9.51. The molecule has 0 saturated carbocycles. The Morgan fingerprint density at radius 2 is 0.889 bits per heavy atom. The fourth-order valence-electron chi connectivity index (χ4n) is 10.7. The van der Waals surface area contributed by atoms with Crippen molar-refractivity contribution in [2.45, 2.75) is 53.3 Å². The lowest BCUT2D eigenvalue weighted by molar-refractivity contribution is -0.138. The van der Waals surface area contributed by atoms with Gasteiger partial charge in [0.05, 0.1) is 33.4 Å². The molecule has 0 amide bonds. The highest BCUT2D eigenvalue weighted by molar-refractivity contribution is 6.14. The Morgan fingerprint density at radius 1 is 0.525 bits per heavy atom. The molecule has 27 heteroatoms. The molecule has 99 heavy (non-hydrogen) atoms. The number of hydrogen-bond donors (Lipinski definition) is 8. The Kier molecular flexibility index (Phi) is 26.7. The summed E-state index contributed by atoms with van der Waals surface area (Å²) in [7, 11) is 0. The van der Waals surface area contributed by atoms with Gasteiger partial charge >= 0.3 is 6.18 Å². The summed E-state index contributed by atoms with van der Waals surface area (Å²) in [6, 6.07) is 25.9. The molecule has 11 rings (SSSR count). The summed E-state index contributed by atoms with van der Waals surface area (Å²) in [5.41, 5.74) is 31.4. The van der Waals surface area contributed by atoms with E-state index in [-0.39, 0.29) is 64.7 Å². The third-order valence-corrected chi connectivity index (χ3v) is 15.6. The van der Waals surface area contributed by atoms with Gasteiger partial charge in [0.25, 0.3) is 0 Å². The van der Waals surface area contributed by atoms with Crippen LogP contribution >= 0.6 is 0 Å². The van der Waals surface area contributed by atoms with Gasteiger partial charge in [-0.2, -0.15) is 13.2 Å². The largest absolute Gasteiger partial charge is 0.476 e. The number of nitrogens with two attached hydrogens (primary N) is 5. The molecule has 3 fully saturated rings. The van der Waals surface area contributed by atoms with Crippen molar-refractivity contribution in [3.05, 3.63) is 201 Å². The van der Waals surface area contributed by atoms with Crippen LogP contribution in [0.15, 0.2) is 134 Å². The number of alkyl halides is 3. The average Bonchev–Trinajstić information content (AvgIpc) is 0.954. The van der Waals surface area contributed by atoms with E-state index < -0.39 is 23.2 Å². The number of ketones is 4. The first-order valence-corrected chi connectivity index (χ1v) is 32.3. The minimum Gasteiger partial charge on any atom is -0.476 e. The molecule has 3 saturated heterocycles. The van der Waals surface area contributed by atoms with E-state index >= 15 is 0 Å². The van der Waals surface area contributed by atoms with Gasteiger partial charge in [-0.05, 0) is 124 Å². The second kappa shape index (κ2) is 35.8. The molecule has 13 N–H and O–H groups in total. The highest BCUT2D eigenvalue weighted by Crippen LogP contribution is 2.34. The van der Waals surface area contributed by atoms with Crippen LogP contribution in [0.25, 0.3) is 12.2 Å². The number of aromatic nitrogens is 8. The van der Waals surface area contributed by atoms with Crippen LogP contribution in [0.3, 0.4) is 0 Å². The first-order chi connectivity index (χ1) is 47.7. The van der Waals surface area contributed by atoms with E-state index in [1.54, 1.807) is 61.9 Å². The molecule has 0 aliphatic carbocycles. The molecule has 0 spiro atoms. The van der Waals surface area contributed by atoms with Crippen LogP contribution < -0.4 is 64.1 Å². The highest BCUT2D eigenvalue weighted by Gasteiger charge is 2.37. The molecule has 11 heterocycles. The van der Waals surface area contributed by atoms with Crippen molar-refractivity contribution in [3.8, 4) is 17.7 Å². The topological polar surface area (TPSA) is 357 Å². The quantitative estimate of drug-likeness (QED) is 0.0303. The highest BCUT2D eigenvalue weighted by atomic mass is 19.4. The van der Waals surface area contributed by atoms with Crippen molar-refractivity contribution < 1.29 is 37.1 Å². The lowest BCUT2D eigenvalue weighted by Gasteiger charge is -2.28. The maximum atomic E-state index is 13.3. The van der Waals surface area contributed by atoms with Gasteiger partial charge in [0.2, 0.25) is 29.0 Å². The number of piperazine rings is 3. The number of nitrogens with one attached hydrogen (secondary N) is 3. The van der Waals surface area contributed by atoms with Crippen LogP contribution in [0.4, 0.5) is 53.9 Å². The van der Waals surface area contributed by atoms with Crippen LogP contribution in [0.2, 0.25) is 0 Å². The third kappa shape index (κ3) is 20.0. The van der Waals surface area contributed by atoms with Gasteiger partial charge in [0.15, 0.2) is 0 Å². The van der Waals surface area contributed by atoms with E-state index in [1.807, 2.05) is 88.4 Å². The summed E-state index contributed by atoms with van der Waals surface area (Å²) in [5, 5.41) is 9.93. The van der Waals surface area contributed by atoms with Crippen LogP contribution in [-0.2, 0) is 6.18 Å². The predicted octanol–water partition coefficient (Wildman–Crippen LogP) is 7.60. The molecular formula is C72H82F3N19O5. The van der Waals surface area contributed by atoms with Crippen LogP contribution in [-0.4, -0.2) is 154 Å². The van der Waals surface area contributed by atoms with E-state index in [4.69, 9.17) is 33.4 Å². The summed E-state index contributed by atoms with van der Waals surface area (Å²) < 4.78 is 45.3. The van der Waals surface area contributed by atoms with Crippen molar-refractivity contribution in [2.75, 3.05) is 123 Å². The van der Waals surface area contributed by atoms with Gasteiger partial charge in [-0.3, -0.25) is 19.2 Å². The van der Waals surface area contributed by atoms with Crippen molar-refractivity contribution >= 4 is 76.0 Å². The Morgan fingerprint density at radius 3 is 1.24 bits per heavy atom. The van der Waals surface area contributed by atoms with Crippen molar-refractivity contribution in [1.29, 1.82) is 0 Å². The second-order valence-electron chi connectivity index (χ2n) is 23.2. The number of halogens is 3. The number of ether oxygens (including phenoxy) is 1. The summed E-state index contributed by atoms with van der Waals surface area (Å²) in [6.45, 7) is 20.3. The van der Waals surface area contributed by atoms with Gasteiger partial charge in [-0.1, -0.05) is 44.1 Å². The van der Waals surface area contributed by atoms with Crippen LogP contribution in [0, 0.1) is 17.8 Å². The third-order valence-electron chi connectivity index (χ3n) is 15.6. The predicted molar refractivity (Wildman–Crippen MR) is 380 cm³/mol. The summed E-state index contributed by atoms with van der Waals surface area (Å²) in [5.74, 6) is 7.25. The number of carbonyl (C=O) groups is 4. The van der Waals surface area contributed by atoms with Crippen molar-refractivity contribution in [3.63, 3.8) is 0 Å². The number of allylic oxidation sites excluding steroid dienone is 2. The second-order valence-corrected chi connectivity index (χ2v) is 23.2. The molecule has 8 aromatic rings. The first-order valence-electron chi connectivity index (χ1n) is 32.3. The number of nitrogen functional groups attached to an aromatic ring is 4. The molecule has 516 valence electrons. The van der Waals surface area contributed by atoms with Gasteiger partial charge in [0, 0.05) is 127 Å². The minimum absolute atomic E-state index is 0.0687. The number of rotatable bonds is 18. The number of hydrogen-bond acceptors (Lipinski definition) is 24. The van der Waals surface area contributed by atoms with E-state index in [2.05, 4.69) is 82.4 Å². The molecule has 0 bridgehead atoms. The van der Waals surface area contributed by atoms with E-state index in [0.717, 1.165) is 119 Å². The number of anilines is 7. The molecule has 3 aliphatic rings. The van der Waals surface area contributed by atoms with E-state index in [1.165, 1.54) is 18.3 Å². The van der Waals surface area contributed by atoms with Gasteiger partial charge in [-0.25, -0.2) is 39.9 Å². The molecular weight excluding hydrogens is 1270 g/mol. The molecule has 1 atom stereocenters. The zero-order chi connectivity index (χ0) is 71.0. The fourth-order valence-corrected chi connectivity index (χ4v) is 10.7. The van der Waals surface area contributed by atoms with E-state index in [9.17, 15) is 32.3 Å². The molecule has 3 aliphatic heterocycles. The Bertz CT molecular complexity index is 4100. The Labute approximate surface area is 573 Å². The normalized spacial score (nSPS) is 14.1. The van der Waals surface area contributed by atoms with Gasteiger partial charge < -0.3 is 64.1 Å². The number of pyridine rings is 8. The Hall–Kier alpha value is -11.1. The zero-order valence-corrected chi connectivity index (χ0v) is 55.9. The zero-order valence-electron chi connectivity index (χ0n) is 55.9. The Balaban J connectivity index is 0.000000168. The summed E-state index contributed by atoms with van der Waals surface area (Å²) >= 11 is 0. The molecule has 0 aromatic carbocycles. The van der Waals surface area contributed by atoms with E-state index in [0.29, 0.717) is 51.7 Å². The summed E-state index contributed by atoms with van der Waals surface area (Å²) in [4.78, 5) is 91.3. The van der Waals surface area contributed by atoms with Crippen molar-refractivity contribution in [2.24, 2.45) is 11.7 Å². The monoisotopic (exact) mass is 1350 g/mol. The van der Waals surface area contributed by atoms with Crippen LogP contribution in [0.5, 0.6) is 5.88 Å². The molecule has 0 radical (unpaired) electrons. The lowest BCUT2D eigenvalue weighted by Crippen LogP contribution is -2.44. The minimum atomic E-state index is -4.76. The molecule has 0 unspecified atom stereocenters. The van der Waals surface area contributed by atoms with Crippen LogP contribution in [0.1, 0.15) is 128 Å². The standard InChI is InChI=1S/C18H21F3N4O2.2C18H21N5O.C18H19N5O/c1-10(2)8-11(22)9-27-14-6-5-13(18(19,20)21)15(25-14)16(26)12-4-3-7-24-17(12)23;3*1-2-4-13-6-7-15(23-11-9-20-10-12-23)22-16(13)17(24)14-5-3-8-21-18(14)19/h3-7,10-11H,8-9,22H2,1-2H3,(H2,23,24);2*2-8,20H,9-12H2,1H3,(H2,19,21);3,5-8,20H,9-12H2,1H3,(H2,19,21)/b;4-2+;4-2-;/t11-;;;/m0.../s1. The number of carbonyl (C=O) groups excluding carboxylic acids is 4. The maximum absolute atomic E-state index is 13.3. The van der Waals surface area contributed by atoms with Gasteiger partial charge in [0.1, 0.15) is 70.1 Å². The SMILES string of the molecule is C/C=C/c1ccc(N2CCNCC2)nc1C(=O)c1cccnc1N.C/C=C\c1ccc(N2CCNCC2)nc1C(=O)c1cccnc1N.CC#Cc1ccc(N2CCNCC2)nc1C(=O)c1cccnc1N.CC(C)C[C@H](N)COc1ccc(C(F)(F)F)c(C(=O)c2cccnc2N)n1. The lowest BCUT2D eigenvalue weighted by atomic mass is 10.0. The first kappa shape index (κ1) is 73.8. The smallest absolute Gasteiger partial charge is 0.418 e. The molecule has 24 nitrogen and oxygen atoms in total. The van der Waals surface area contributed by atoms with Crippen molar-refractivity contribution in [1.82, 2.24) is 55.8 Å². The molecule has 8 aromatic heterocycles. The average molecular weight is 1350 g/mol. The fraction of sp³-hybridized carbons (Fsp3) is 0.306. The number of nitrogens with zero attached hydrogens (tertiary/aromatic N) is 11. The van der Waals surface area contributed by atoms with Gasteiger partial charge in [-0.15, -0.1) is 5.92 Å². The maximum Gasteiger partial charge on any atom is 0.418 e.